The first kappa shape index (κ1) is 13.2. The Labute approximate surface area is 114 Å². The van der Waals surface area contributed by atoms with E-state index in [9.17, 15) is 4.79 Å². The molecule has 0 aliphatic rings. The Morgan fingerprint density at radius 2 is 2.39 bits per heavy atom. The van der Waals surface area contributed by atoms with Gasteiger partial charge in [0.15, 0.2) is 0 Å². The van der Waals surface area contributed by atoms with Crippen molar-refractivity contribution < 1.29 is 4.79 Å². The van der Waals surface area contributed by atoms with Crippen LogP contribution in [0, 0.1) is 6.92 Å². The molecule has 6 heteroatoms. The summed E-state index contributed by atoms with van der Waals surface area (Å²) in [5.74, 6) is -0.0662. The number of amides is 1. The van der Waals surface area contributed by atoms with Crippen molar-refractivity contribution in [3.05, 3.63) is 38.5 Å². The molecule has 0 fully saturated rings. The first-order valence-electron chi connectivity index (χ1n) is 5.53. The second kappa shape index (κ2) is 5.60. The zero-order chi connectivity index (χ0) is 13.1. The Balaban J connectivity index is 2.00. The number of hydrogen-bond donors (Lipinski definition) is 1. The van der Waals surface area contributed by atoms with E-state index in [1.807, 2.05) is 24.4 Å². The van der Waals surface area contributed by atoms with Crippen molar-refractivity contribution in [1.29, 1.82) is 0 Å². The van der Waals surface area contributed by atoms with E-state index in [2.05, 4.69) is 4.98 Å². The lowest BCUT2D eigenvalue weighted by Crippen LogP contribution is -2.34. The minimum Gasteiger partial charge on any atom is -0.339 e. The normalized spacial score (nSPS) is 12.4. The molecule has 96 valence electrons. The number of hydrogen-bond acceptors (Lipinski definition) is 5. The second-order valence-electron chi connectivity index (χ2n) is 4.03. The molecule has 2 rings (SSSR count). The third-order valence-corrected chi connectivity index (χ3v) is 4.41. The minimum absolute atomic E-state index is 0.0662. The molecule has 0 aromatic carbocycles. The molecule has 4 nitrogen and oxygen atoms in total. The predicted molar refractivity (Wildman–Crippen MR) is 74.6 cm³/mol. The molecule has 0 saturated heterocycles. The van der Waals surface area contributed by atoms with Crippen molar-refractivity contribution in [2.45, 2.75) is 19.5 Å². The summed E-state index contributed by atoms with van der Waals surface area (Å²) in [5, 5.41) is 2.93. The molecule has 0 radical (unpaired) electrons. The summed E-state index contributed by atoms with van der Waals surface area (Å²) in [5.41, 5.74) is 5.95. The van der Waals surface area contributed by atoms with Crippen LogP contribution >= 0.6 is 22.7 Å². The monoisotopic (exact) mass is 281 g/mol. The van der Waals surface area contributed by atoms with Crippen molar-refractivity contribution in [2.24, 2.45) is 5.73 Å². The first-order valence-corrected chi connectivity index (χ1v) is 7.23. The van der Waals surface area contributed by atoms with E-state index in [0.29, 0.717) is 6.54 Å². The third-order valence-electron chi connectivity index (χ3n) is 2.55. The van der Waals surface area contributed by atoms with E-state index in [1.54, 1.807) is 29.5 Å². The summed E-state index contributed by atoms with van der Waals surface area (Å²) in [7, 11) is 1.77. The fourth-order valence-electron chi connectivity index (χ4n) is 1.62. The molecule has 1 unspecified atom stereocenters. The fraction of sp³-hybridized carbons (Fsp3) is 0.333. The quantitative estimate of drug-likeness (QED) is 0.934. The maximum absolute atomic E-state index is 12.1. The predicted octanol–water partition coefficient (Wildman–Crippen LogP) is 2.17. The summed E-state index contributed by atoms with van der Waals surface area (Å²) >= 11 is 3.10. The molecule has 2 heterocycles. The van der Waals surface area contributed by atoms with Crippen molar-refractivity contribution in [3.63, 3.8) is 0 Å². The van der Waals surface area contributed by atoms with Crippen molar-refractivity contribution >= 4 is 28.6 Å². The maximum atomic E-state index is 12.1. The molecule has 2 aromatic heterocycles. The zero-order valence-corrected chi connectivity index (χ0v) is 11.9. The lowest BCUT2D eigenvalue weighted by atomic mass is 10.2. The molecule has 0 spiro atoms. The lowest BCUT2D eigenvalue weighted by molar-refractivity contribution is -0.131. The number of carbonyl (C=O) groups excluding carboxylic acids is 1. The van der Waals surface area contributed by atoms with Crippen molar-refractivity contribution in [1.82, 2.24) is 9.88 Å². The van der Waals surface area contributed by atoms with Gasteiger partial charge in [0.05, 0.1) is 11.6 Å². The van der Waals surface area contributed by atoms with Gasteiger partial charge in [0, 0.05) is 23.0 Å². The van der Waals surface area contributed by atoms with Crippen molar-refractivity contribution in [2.75, 3.05) is 7.05 Å². The summed E-state index contributed by atoms with van der Waals surface area (Å²) < 4.78 is 0. The van der Waals surface area contributed by atoms with Crippen LogP contribution in [0.25, 0.3) is 0 Å². The first-order chi connectivity index (χ1) is 8.58. The number of aryl methyl sites for hydroxylation is 1. The highest BCUT2D eigenvalue weighted by atomic mass is 32.1. The molecule has 0 aliphatic heterocycles. The average Bonchev–Trinajstić information content (AvgIpc) is 2.98. The third kappa shape index (κ3) is 2.95. The van der Waals surface area contributed by atoms with E-state index in [0.717, 1.165) is 14.8 Å². The Hall–Kier alpha value is -1.24. The molecule has 0 aliphatic carbocycles. The summed E-state index contributed by atoms with van der Waals surface area (Å²) in [4.78, 5) is 19.9. The Kier molecular flexibility index (Phi) is 4.11. The van der Waals surface area contributed by atoms with E-state index in [-0.39, 0.29) is 5.91 Å². The number of likely N-dealkylation sites (N-methyl/N-ethyl adjacent to an activating group) is 1. The topological polar surface area (TPSA) is 59.2 Å². The van der Waals surface area contributed by atoms with Crippen LogP contribution in [0.4, 0.5) is 0 Å². The van der Waals surface area contributed by atoms with Crippen molar-refractivity contribution in [3.8, 4) is 0 Å². The number of rotatable bonds is 4. The van der Waals surface area contributed by atoms with Gasteiger partial charge in [-0.15, -0.1) is 22.7 Å². The molecule has 0 saturated carbocycles. The Morgan fingerprint density at radius 1 is 1.61 bits per heavy atom. The van der Waals surface area contributed by atoms with Gasteiger partial charge in [0.1, 0.15) is 6.04 Å². The highest BCUT2D eigenvalue weighted by Crippen LogP contribution is 2.20. The molecule has 2 aromatic rings. The maximum Gasteiger partial charge on any atom is 0.244 e. The molecule has 1 atom stereocenters. The number of thiophene rings is 1. The highest BCUT2D eigenvalue weighted by molar-refractivity contribution is 7.11. The SMILES string of the molecule is Cc1ncc(CN(C)C(=O)C(N)c2cccs2)s1. The summed E-state index contributed by atoms with van der Waals surface area (Å²) in [6.07, 6.45) is 1.81. The molecule has 18 heavy (non-hydrogen) atoms. The van der Waals surface area contributed by atoms with Gasteiger partial charge in [-0.1, -0.05) is 6.07 Å². The van der Waals surface area contributed by atoms with Gasteiger partial charge < -0.3 is 10.6 Å². The van der Waals surface area contributed by atoms with E-state index in [4.69, 9.17) is 5.73 Å². The van der Waals surface area contributed by atoms with E-state index in [1.165, 1.54) is 11.3 Å². The Morgan fingerprint density at radius 3 is 2.94 bits per heavy atom. The van der Waals surface area contributed by atoms with Gasteiger partial charge in [-0.25, -0.2) is 4.98 Å². The fourth-order valence-corrected chi connectivity index (χ4v) is 3.18. The number of nitrogens with zero attached hydrogens (tertiary/aromatic N) is 2. The van der Waals surface area contributed by atoms with Gasteiger partial charge in [0.2, 0.25) is 5.91 Å². The van der Waals surface area contributed by atoms with Gasteiger partial charge in [-0.05, 0) is 18.4 Å². The van der Waals surface area contributed by atoms with Crippen LogP contribution in [-0.4, -0.2) is 22.8 Å². The molecular formula is C12H15N3OS2. The van der Waals surface area contributed by atoms with Crippen LogP contribution in [0.5, 0.6) is 0 Å². The van der Waals surface area contributed by atoms with Crippen LogP contribution in [0.3, 0.4) is 0 Å². The van der Waals surface area contributed by atoms with Crippen LogP contribution < -0.4 is 5.73 Å². The summed E-state index contributed by atoms with van der Waals surface area (Å²) in [6.45, 7) is 2.51. The van der Waals surface area contributed by atoms with Crippen LogP contribution in [0.1, 0.15) is 20.8 Å². The van der Waals surface area contributed by atoms with E-state index >= 15 is 0 Å². The number of thiazole rings is 1. The van der Waals surface area contributed by atoms with Gasteiger partial charge in [-0.3, -0.25) is 4.79 Å². The average molecular weight is 281 g/mol. The van der Waals surface area contributed by atoms with E-state index < -0.39 is 6.04 Å². The van der Waals surface area contributed by atoms with Crippen LogP contribution in [-0.2, 0) is 11.3 Å². The Bertz CT molecular complexity index is 521. The largest absolute Gasteiger partial charge is 0.339 e. The van der Waals surface area contributed by atoms with Gasteiger partial charge >= 0.3 is 0 Å². The molecule has 0 bridgehead atoms. The number of carbonyl (C=O) groups is 1. The van der Waals surface area contributed by atoms with Crippen LogP contribution in [0.15, 0.2) is 23.7 Å². The van der Waals surface area contributed by atoms with Gasteiger partial charge in [-0.2, -0.15) is 0 Å². The molecule has 2 N–H and O–H groups in total. The highest BCUT2D eigenvalue weighted by Gasteiger charge is 2.21. The standard InChI is InChI=1S/C12H15N3OS2/c1-8-14-6-9(18-8)7-15(2)12(16)11(13)10-4-3-5-17-10/h3-6,11H,7,13H2,1-2H3. The summed E-state index contributed by atoms with van der Waals surface area (Å²) in [6, 6.07) is 3.22. The zero-order valence-electron chi connectivity index (χ0n) is 10.3. The smallest absolute Gasteiger partial charge is 0.244 e. The number of aromatic nitrogens is 1. The molecular weight excluding hydrogens is 266 g/mol. The van der Waals surface area contributed by atoms with Crippen LogP contribution in [0.2, 0.25) is 0 Å². The number of nitrogens with two attached hydrogens (primary N) is 1. The second-order valence-corrected chi connectivity index (χ2v) is 6.33. The van der Waals surface area contributed by atoms with Gasteiger partial charge in [0.25, 0.3) is 0 Å². The lowest BCUT2D eigenvalue weighted by Gasteiger charge is -2.19. The minimum atomic E-state index is -0.566. The molecule has 1 amide bonds.